The Morgan fingerprint density at radius 3 is 2.87 bits per heavy atom. The minimum Gasteiger partial charge on any atom is -0.496 e. The molecule has 0 aliphatic heterocycles. The van der Waals surface area contributed by atoms with E-state index >= 15 is 0 Å². The molecule has 5 heteroatoms. The van der Waals surface area contributed by atoms with Crippen molar-refractivity contribution >= 4 is 22.6 Å². The third-order valence-corrected chi connectivity index (χ3v) is 2.42. The molecule has 78 valence electrons. The van der Waals surface area contributed by atoms with Gasteiger partial charge in [0.15, 0.2) is 0 Å². The number of methoxy groups -OCH3 is 1. The predicted octanol–water partition coefficient (Wildman–Crippen LogP) is 2.27. The molecular weight excluding hydrogens is 307 g/mol. The average molecular weight is 316 g/mol. The van der Waals surface area contributed by atoms with Gasteiger partial charge in [0.2, 0.25) is 9.72 Å². The van der Waals surface area contributed by atoms with Crippen molar-refractivity contribution in [2.45, 2.75) is 6.42 Å². The Hall–Kier alpha value is -1.11. The number of hydrogen-bond donors (Lipinski definition) is 0. The molecule has 0 aliphatic rings. The summed E-state index contributed by atoms with van der Waals surface area (Å²) in [7, 11) is 1.65. The topological polar surface area (TPSA) is 48.2 Å². The molecule has 2 rings (SSSR count). The number of benzene rings is 1. The van der Waals surface area contributed by atoms with E-state index in [1.165, 1.54) is 0 Å². The Morgan fingerprint density at radius 1 is 1.40 bits per heavy atom. The number of rotatable bonds is 3. The molecule has 0 spiro atoms. The molecule has 0 bridgehead atoms. The van der Waals surface area contributed by atoms with Gasteiger partial charge < -0.3 is 9.26 Å². The molecule has 0 saturated carbocycles. The number of ether oxygens (including phenoxy) is 1. The van der Waals surface area contributed by atoms with Gasteiger partial charge in [-0.3, -0.25) is 0 Å². The molecule has 0 amide bonds. The molecule has 15 heavy (non-hydrogen) atoms. The van der Waals surface area contributed by atoms with Gasteiger partial charge in [0.1, 0.15) is 5.75 Å². The highest BCUT2D eigenvalue weighted by atomic mass is 127. The zero-order chi connectivity index (χ0) is 10.7. The van der Waals surface area contributed by atoms with Gasteiger partial charge in [0.05, 0.1) is 13.5 Å². The minimum atomic E-state index is 0.597. The van der Waals surface area contributed by atoms with Crippen molar-refractivity contribution in [2.24, 2.45) is 0 Å². The number of nitrogens with zero attached hydrogens (tertiary/aromatic N) is 2. The summed E-state index contributed by atoms with van der Waals surface area (Å²) in [6.45, 7) is 0. The summed E-state index contributed by atoms with van der Waals surface area (Å²) in [6, 6.07) is 7.78. The molecule has 4 nitrogen and oxygen atoms in total. The molecule has 1 aromatic heterocycles. The van der Waals surface area contributed by atoms with Crippen LogP contribution < -0.4 is 4.74 Å². The Bertz CT molecular complexity index is 456. The number of hydrogen-bond acceptors (Lipinski definition) is 4. The van der Waals surface area contributed by atoms with E-state index in [1.54, 1.807) is 7.11 Å². The maximum absolute atomic E-state index is 5.23. The normalized spacial score (nSPS) is 10.3. The first-order chi connectivity index (χ1) is 7.29. The number of aromatic nitrogens is 2. The van der Waals surface area contributed by atoms with Crippen molar-refractivity contribution in [1.82, 2.24) is 10.1 Å². The molecule has 0 unspecified atom stereocenters. The minimum absolute atomic E-state index is 0.597. The molecule has 0 saturated heterocycles. The SMILES string of the molecule is COc1ccccc1Cc1nc(I)no1. The van der Waals surface area contributed by atoms with Crippen LogP contribution in [0.4, 0.5) is 0 Å². The van der Waals surface area contributed by atoms with E-state index in [2.05, 4.69) is 10.1 Å². The van der Waals surface area contributed by atoms with Crippen molar-refractivity contribution in [1.29, 1.82) is 0 Å². The quantitative estimate of drug-likeness (QED) is 0.815. The molecule has 2 aromatic rings. The lowest BCUT2D eigenvalue weighted by atomic mass is 10.1. The van der Waals surface area contributed by atoms with Gasteiger partial charge in [-0.05, 0) is 6.07 Å². The highest BCUT2D eigenvalue weighted by Crippen LogP contribution is 2.20. The Morgan fingerprint density at radius 2 is 2.20 bits per heavy atom. The first-order valence-corrected chi connectivity index (χ1v) is 5.47. The summed E-state index contributed by atoms with van der Waals surface area (Å²) < 4.78 is 10.9. The number of para-hydroxylation sites is 1. The van der Waals surface area contributed by atoms with Crippen LogP contribution >= 0.6 is 22.6 Å². The van der Waals surface area contributed by atoms with Crippen LogP contribution in [0.5, 0.6) is 5.75 Å². The second-order valence-corrected chi connectivity index (χ2v) is 3.91. The summed E-state index contributed by atoms with van der Waals surface area (Å²) in [4.78, 5) is 4.13. The van der Waals surface area contributed by atoms with Gasteiger partial charge in [0, 0.05) is 28.2 Å². The fraction of sp³-hybridized carbons (Fsp3) is 0.200. The number of halogens is 1. The van der Waals surface area contributed by atoms with Gasteiger partial charge in [-0.15, -0.1) is 0 Å². The Labute approximate surface area is 101 Å². The molecule has 0 fully saturated rings. The largest absolute Gasteiger partial charge is 0.496 e. The van der Waals surface area contributed by atoms with Gasteiger partial charge in [-0.2, -0.15) is 4.98 Å². The van der Waals surface area contributed by atoms with Gasteiger partial charge in [-0.25, -0.2) is 0 Å². The van der Waals surface area contributed by atoms with Gasteiger partial charge >= 0.3 is 0 Å². The summed E-state index contributed by atoms with van der Waals surface area (Å²) >= 11 is 2.01. The zero-order valence-electron chi connectivity index (χ0n) is 8.11. The highest BCUT2D eigenvalue weighted by Gasteiger charge is 2.08. The molecular formula is C10H9IN2O2. The third kappa shape index (κ3) is 2.47. The second kappa shape index (κ2) is 4.61. The average Bonchev–Trinajstić information content (AvgIpc) is 2.65. The van der Waals surface area contributed by atoms with Gasteiger partial charge in [0.25, 0.3) is 0 Å². The van der Waals surface area contributed by atoms with E-state index in [0.29, 0.717) is 16.1 Å². The van der Waals surface area contributed by atoms with Gasteiger partial charge in [-0.1, -0.05) is 23.4 Å². The monoisotopic (exact) mass is 316 g/mol. The molecule has 0 atom stereocenters. The van der Waals surface area contributed by atoms with Crippen molar-refractivity contribution in [3.63, 3.8) is 0 Å². The van der Waals surface area contributed by atoms with E-state index in [1.807, 2.05) is 46.9 Å². The van der Waals surface area contributed by atoms with Crippen LogP contribution in [0.1, 0.15) is 11.5 Å². The van der Waals surface area contributed by atoms with Crippen LogP contribution in [0.2, 0.25) is 0 Å². The van der Waals surface area contributed by atoms with E-state index in [9.17, 15) is 0 Å². The van der Waals surface area contributed by atoms with Crippen LogP contribution in [0.3, 0.4) is 0 Å². The summed E-state index contributed by atoms with van der Waals surface area (Å²) in [6.07, 6.45) is 0.597. The van der Waals surface area contributed by atoms with E-state index < -0.39 is 0 Å². The fourth-order valence-electron chi connectivity index (χ4n) is 1.32. The first kappa shape index (κ1) is 10.4. The molecule has 1 heterocycles. The Balaban J connectivity index is 2.23. The van der Waals surface area contributed by atoms with E-state index in [4.69, 9.17) is 9.26 Å². The first-order valence-electron chi connectivity index (χ1n) is 4.39. The second-order valence-electron chi connectivity index (χ2n) is 2.95. The summed E-state index contributed by atoms with van der Waals surface area (Å²) in [5.74, 6) is 1.44. The van der Waals surface area contributed by atoms with Crippen LogP contribution in [-0.2, 0) is 6.42 Å². The van der Waals surface area contributed by atoms with E-state index in [0.717, 1.165) is 11.3 Å². The smallest absolute Gasteiger partial charge is 0.232 e. The zero-order valence-corrected chi connectivity index (χ0v) is 10.3. The predicted molar refractivity (Wildman–Crippen MR) is 62.8 cm³/mol. The van der Waals surface area contributed by atoms with Crippen molar-refractivity contribution in [2.75, 3.05) is 7.11 Å². The molecule has 0 radical (unpaired) electrons. The van der Waals surface area contributed by atoms with Crippen LogP contribution in [0, 0.1) is 3.83 Å². The maximum atomic E-state index is 5.23. The molecule has 1 aromatic carbocycles. The van der Waals surface area contributed by atoms with Crippen LogP contribution in [-0.4, -0.2) is 17.3 Å². The Kier molecular flexibility index (Phi) is 3.20. The molecule has 0 aliphatic carbocycles. The van der Waals surface area contributed by atoms with Crippen molar-refractivity contribution in [3.8, 4) is 5.75 Å². The van der Waals surface area contributed by atoms with Crippen molar-refractivity contribution in [3.05, 3.63) is 39.6 Å². The maximum Gasteiger partial charge on any atom is 0.232 e. The standard InChI is InChI=1S/C10H9IN2O2/c1-14-8-5-3-2-4-7(8)6-9-12-10(11)13-15-9/h2-5H,6H2,1H3. The molecule has 0 N–H and O–H groups in total. The van der Waals surface area contributed by atoms with Crippen LogP contribution in [0.15, 0.2) is 28.8 Å². The lowest BCUT2D eigenvalue weighted by Crippen LogP contribution is -1.93. The summed E-state index contributed by atoms with van der Waals surface area (Å²) in [5.41, 5.74) is 1.04. The van der Waals surface area contributed by atoms with Crippen molar-refractivity contribution < 1.29 is 9.26 Å². The highest BCUT2D eigenvalue weighted by molar-refractivity contribution is 14.1. The summed E-state index contributed by atoms with van der Waals surface area (Å²) in [5, 5.41) is 3.73. The lowest BCUT2D eigenvalue weighted by molar-refractivity contribution is 0.376. The van der Waals surface area contributed by atoms with Crippen LogP contribution in [0.25, 0.3) is 0 Å². The van der Waals surface area contributed by atoms with E-state index in [-0.39, 0.29) is 0 Å². The lowest BCUT2D eigenvalue weighted by Gasteiger charge is -2.04. The fourth-order valence-corrected chi connectivity index (χ4v) is 1.69. The third-order valence-electron chi connectivity index (χ3n) is 1.98.